The first kappa shape index (κ1) is 14.8. The van der Waals surface area contributed by atoms with E-state index in [2.05, 4.69) is 5.32 Å². The van der Waals surface area contributed by atoms with Crippen molar-refractivity contribution in [1.82, 2.24) is 0 Å². The van der Waals surface area contributed by atoms with Crippen molar-refractivity contribution >= 4 is 5.69 Å². The fraction of sp³-hybridized carbons (Fsp3) is 0.188. The molecule has 0 aliphatic rings. The number of ether oxygens (including phenoxy) is 1. The number of nitrogens with one attached hydrogen (secondary N) is 1. The van der Waals surface area contributed by atoms with Crippen molar-refractivity contribution in [3.8, 4) is 11.8 Å². The van der Waals surface area contributed by atoms with E-state index < -0.39 is 11.6 Å². The van der Waals surface area contributed by atoms with E-state index in [1.165, 1.54) is 18.2 Å². The number of hydrogen-bond acceptors (Lipinski definition) is 3. The fourth-order valence-corrected chi connectivity index (χ4v) is 1.89. The van der Waals surface area contributed by atoms with Crippen LogP contribution in [0, 0.1) is 23.0 Å². The van der Waals surface area contributed by atoms with Crippen molar-refractivity contribution in [2.24, 2.45) is 0 Å². The Morgan fingerprint density at radius 2 is 2.00 bits per heavy atom. The molecule has 0 aromatic heterocycles. The molecule has 0 aliphatic carbocycles. The monoisotopic (exact) mass is 288 g/mol. The molecule has 0 heterocycles. The van der Waals surface area contributed by atoms with E-state index in [9.17, 15) is 8.78 Å². The van der Waals surface area contributed by atoms with E-state index in [4.69, 9.17) is 10.00 Å². The van der Waals surface area contributed by atoms with Gasteiger partial charge in [0.05, 0.1) is 17.9 Å². The van der Waals surface area contributed by atoms with Gasteiger partial charge in [-0.25, -0.2) is 8.78 Å². The summed E-state index contributed by atoms with van der Waals surface area (Å²) in [6, 6.07) is 10.5. The van der Waals surface area contributed by atoms with Crippen LogP contribution in [0.4, 0.5) is 14.5 Å². The highest BCUT2D eigenvalue weighted by molar-refractivity contribution is 5.57. The van der Waals surface area contributed by atoms with Gasteiger partial charge < -0.3 is 10.1 Å². The zero-order valence-corrected chi connectivity index (χ0v) is 11.5. The number of hydrogen-bond donors (Lipinski definition) is 1. The van der Waals surface area contributed by atoms with Gasteiger partial charge >= 0.3 is 0 Å². The molecule has 2 rings (SSSR count). The van der Waals surface area contributed by atoms with Crippen molar-refractivity contribution < 1.29 is 13.5 Å². The summed E-state index contributed by atoms with van der Waals surface area (Å²) in [7, 11) is 0. The fourth-order valence-electron chi connectivity index (χ4n) is 1.89. The highest BCUT2D eigenvalue weighted by Gasteiger charge is 2.06. The standard InChI is InChI=1S/C16H14F2N2O/c1-2-21-16-6-3-11(7-14(16)18)10-20-15-5-4-13(17)8-12(15)9-19/h3-8,20H,2,10H2,1H3. The van der Waals surface area contributed by atoms with E-state index in [1.54, 1.807) is 19.1 Å². The van der Waals surface area contributed by atoms with Crippen LogP contribution in [0.25, 0.3) is 0 Å². The van der Waals surface area contributed by atoms with Crippen LogP contribution < -0.4 is 10.1 Å². The van der Waals surface area contributed by atoms with Crippen molar-refractivity contribution in [2.45, 2.75) is 13.5 Å². The normalized spacial score (nSPS) is 10.0. The smallest absolute Gasteiger partial charge is 0.165 e. The number of rotatable bonds is 5. The molecule has 0 spiro atoms. The van der Waals surface area contributed by atoms with Gasteiger partial charge in [0, 0.05) is 6.54 Å². The molecule has 0 aliphatic heterocycles. The van der Waals surface area contributed by atoms with Crippen molar-refractivity contribution in [1.29, 1.82) is 5.26 Å². The molecule has 108 valence electrons. The molecular formula is C16H14F2N2O. The third-order valence-corrected chi connectivity index (χ3v) is 2.88. The summed E-state index contributed by atoms with van der Waals surface area (Å²) in [6.45, 7) is 2.51. The molecule has 0 saturated carbocycles. The summed E-state index contributed by atoms with van der Waals surface area (Å²) >= 11 is 0. The SMILES string of the molecule is CCOc1ccc(CNc2ccc(F)cc2C#N)cc1F. The van der Waals surface area contributed by atoms with E-state index in [-0.39, 0.29) is 11.3 Å². The molecule has 0 atom stereocenters. The Hall–Kier alpha value is -2.61. The van der Waals surface area contributed by atoms with Gasteiger partial charge in [0.2, 0.25) is 0 Å². The Morgan fingerprint density at radius 1 is 1.19 bits per heavy atom. The van der Waals surface area contributed by atoms with Crippen LogP contribution in [0.5, 0.6) is 5.75 Å². The summed E-state index contributed by atoms with van der Waals surface area (Å²) in [5, 5.41) is 11.9. The van der Waals surface area contributed by atoms with E-state index in [0.717, 1.165) is 6.07 Å². The predicted octanol–water partition coefficient (Wildman–Crippen LogP) is 3.85. The Morgan fingerprint density at radius 3 is 2.67 bits per heavy atom. The lowest BCUT2D eigenvalue weighted by atomic mass is 10.1. The lowest BCUT2D eigenvalue weighted by Gasteiger charge is -2.10. The summed E-state index contributed by atoms with van der Waals surface area (Å²) in [5.74, 6) is -0.694. The van der Waals surface area contributed by atoms with Crippen molar-refractivity contribution in [3.63, 3.8) is 0 Å². The largest absolute Gasteiger partial charge is 0.491 e. The minimum Gasteiger partial charge on any atom is -0.491 e. The second-order valence-corrected chi connectivity index (χ2v) is 4.35. The molecule has 0 radical (unpaired) electrons. The van der Waals surface area contributed by atoms with Crippen LogP contribution in [0.1, 0.15) is 18.1 Å². The van der Waals surface area contributed by atoms with Crippen molar-refractivity contribution in [3.05, 3.63) is 59.2 Å². The lowest BCUT2D eigenvalue weighted by molar-refractivity contribution is 0.321. The van der Waals surface area contributed by atoms with Gasteiger partial charge in [0.25, 0.3) is 0 Å². The average Bonchev–Trinajstić information content (AvgIpc) is 2.48. The van der Waals surface area contributed by atoms with E-state index >= 15 is 0 Å². The Kier molecular flexibility index (Phi) is 4.72. The number of halogens is 2. The second-order valence-electron chi connectivity index (χ2n) is 4.35. The quantitative estimate of drug-likeness (QED) is 0.909. The summed E-state index contributed by atoms with van der Waals surface area (Å²) in [6.07, 6.45) is 0. The number of anilines is 1. The van der Waals surface area contributed by atoms with Crippen molar-refractivity contribution in [2.75, 3.05) is 11.9 Å². The number of benzene rings is 2. The maximum Gasteiger partial charge on any atom is 0.165 e. The van der Waals surface area contributed by atoms with Crippen LogP contribution in [0.2, 0.25) is 0 Å². The minimum atomic E-state index is -0.468. The lowest BCUT2D eigenvalue weighted by Crippen LogP contribution is -2.03. The van der Waals surface area contributed by atoms with Crippen LogP contribution >= 0.6 is 0 Å². The summed E-state index contributed by atoms with van der Waals surface area (Å²) in [4.78, 5) is 0. The second kappa shape index (κ2) is 6.71. The highest BCUT2D eigenvalue weighted by Crippen LogP contribution is 2.20. The molecule has 2 aromatic rings. The molecule has 0 fully saturated rings. The Labute approximate surface area is 121 Å². The first-order chi connectivity index (χ1) is 10.1. The van der Waals surface area contributed by atoms with Gasteiger partial charge in [-0.05, 0) is 42.8 Å². The zero-order valence-electron chi connectivity index (χ0n) is 11.5. The van der Waals surface area contributed by atoms with Crippen LogP contribution in [0.15, 0.2) is 36.4 Å². The first-order valence-electron chi connectivity index (χ1n) is 6.48. The van der Waals surface area contributed by atoms with E-state index in [1.807, 2.05) is 6.07 Å². The Bertz CT molecular complexity index is 680. The van der Waals surface area contributed by atoms with Crippen LogP contribution in [-0.2, 0) is 6.54 Å². The van der Waals surface area contributed by atoms with Gasteiger partial charge in [0.15, 0.2) is 11.6 Å². The predicted molar refractivity (Wildman–Crippen MR) is 76.0 cm³/mol. The minimum absolute atomic E-state index is 0.209. The number of nitrogens with zero attached hydrogens (tertiary/aromatic N) is 1. The van der Waals surface area contributed by atoms with Gasteiger partial charge in [0.1, 0.15) is 11.9 Å². The average molecular weight is 288 g/mol. The topological polar surface area (TPSA) is 45.0 Å². The van der Waals surface area contributed by atoms with Gasteiger partial charge in [-0.2, -0.15) is 5.26 Å². The van der Waals surface area contributed by atoms with Gasteiger partial charge in [-0.15, -0.1) is 0 Å². The summed E-state index contributed by atoms with van der Waals surface area (Å²) in [5.41, 5.74) is 1.42. The summed E-state index contributed by atoms with van der Waals surface area (Å²) < 4.78 is 31.9. The third kappa shape index (κ3) is 3.69. The number of nitriles is 1. The molecule has 5 heteroatoms. The molecule has 0 bridgehead atoms. The molecule has 0 amide bonds. The molecule has 0 saturated heterocycles. The highest BCUT2D eigenvalue weighted by atomic mass is 19.1. The molecular weight excluding hydrogens is 274 g/mol. The van der Waals surface area contributed by atoms with Gasteiger partial charge in [-0.3, -0.25) is 0 Å². The molecule has 0 unspecified atom stereocenters. The molecule has 1 N–H and O–H groups in total. The van der Waals surface area contributed by atoms with E-state index in [0.29, 0.717) is 24.4 Å². The first-order valence-corrected chi connectivity index (χ1v) is 6.48. The maximum absolute atomic E-state index is 13.7. The molecule has 2 aromatic carbocycles. The third-order valence-electron chi connectivity index (χ3n) is 2.88. The van der Waals surface area contributed by atoms with Gasteiger partial charge in [-0.1, -0.05) is 6.07 Å². The molecule has 3 nitrogen and oxygen atoms in total. The van der Waals surface area contributed by atoms with Crippen LogP contribution in [0.3, 0.4) is 0 Å². The Balaban J connectivity index is 2.10. The maximum atomic E-state index is 13.7. The molecule has 21 heavy (non-hydrogen) atoms. The van der Waals surface area contributed by atoms with Crippen LogP contribution in [-0.4, -0.2) is 6.61 Å². The zero-order chi connectivity index (χ0) is 15.2.